The van der Waals surface area contributed by atoms with Gasteiger partial charge in [0.25, 0.3) is 0 Å². The molecule has 0 amide bonds. The van der Waals surface area contributed by atoms with E-state index in [1.54, 1.807) is 0 Å². The fourth-order valence-corrected chi connectivity index (χ4v) is 3.78. The lowest BCUT2D eigenvalue weighted by Crippen LogP contribution is -2.44. The molecule has 1 heterocycles. The quantitative estimate of drug-likeness (QED) is 0.910. The van der Waals surface area contributed by atoms with Gasteiger partial charge in [-0.2, -0.15) is 4.98 Å². The summed E-state index contributed by atoms with van der Waals surface area (Å²) in [5.74, 6) is 2.61. The Balaban J connectivity index is 0.00000156. The Hall–Kier alpha value is -1.39. The first-order chi connectivity index (χ1) is 10.7. The van der Waals surface area contributed by atoms with Gasteiger partial charge < -0.3 is 10.3 Å². The van der Waals surface area contributed by atoms with Crippen molar-refractivity contribution >= 4 is 12.4 Å². The molecule has 2 aromatic rings. The molecule has 124 valence electrons. The molecule has 2 saturated carbocycles. The number of halogens is 1. The maximum Gasteiger partial charge on any atom is 0.229 e. The highest BCUT2D eigenvalue weighted by Crippen LogP contribution is 2.41. The van der Waals surface area contributed by atoms with E-state index in [2.05, 4.69) is 40.5 Å². The molecule has 4 nitrogen and oxygen atoms in total. The van der Waals surface area contributed by atoms with Crippen molar-refractivity contribution in [3.05, 3.63) is 47.6 Å². The predicted molar refractivity (Wildman–Crippen MR) is 91.7 cm³/mol. The second-order valence-electron chi connectivity index (χ2n) is 6.93. The number of nitrogens with zero attached hydrogens (tertiary/aromatic N) is 2. The summed E-state index contributed by atoms with van der Waals surface area (Å²) in [6.45, 7) is 0. The first-order valence-electron chi connectivity index (χ1n) is 8.42. The smallest absolute Gasteiger partial charge is 0.229 e. The average molecular weight is 334 g/mol. The fourth-order valence-electron chi connectivity index (χ4n) is 3.78. The minimum atomic E-state index is -0.316. The molecule has 2 fully saturated rings. The summed E-state index contributed by atoms with van der Waals surface area (Å²) in [5, 5.41) is 4.15. The van der Waals surface area contributed by atoms with Crippen LogP contribution >= 0.6 is 12.4 Å². The molecular weight excluding hydrogens is 310 g/mol. The van der Waals surface area contributed by atoms with E-state index < -0.39 is 0 Å². The molecule has 4 rings (SSSR count). The van der Waals surface area contributed by atoms with E-state index >= 15 is 0 Å². The number of benzene rings is 1. The molecule has 0 aliphatic heterocycles. The highest BCUT2D eigenvalue weighted by Gasteiger charge is 2.39. The fraction of sp³-hybridized carbons (Fsp3) is 0.556. The second kappa shape index (κ2) is 6.62. The van der Waals surface area contributed by atoms with Gasteiger partial charge in [0.1, 0.15) is 0 Å². The van der Waals surface area contributed by atoms with Crippen molar-refractivity contribution in [2.75, 3.05) is 0 Å². The van der Waals surface area contributed by atoms with E-state index in [4.69, 9.17) is 10.3 Å². The van der Waals surface area contributed by atoms with E-state index in [-0.39, 0.29) is 17.9 Å². The van der Waals surface area contributed by atoms with Crippen LogP contribution in [0.4, 0.5) is 0 Å². The molecule has 0 unspecified atom stereocenters. The number of nitrogens with two attached hydrogens (primary N) is 1. The number of hydrogen-bond donors (Lipinski definition) is 1. The van der Waals surface area contributed by atoms with Crippen molar-refractivity contribution in [1.29, 1.82) is 0 Å². The Labute approximate surface area is 143 Å². The first kappa shape index (κ1) is 16.5. The molecule has 0 saturated heterocycles. The van der Waals surface area contributed by atoms with Crippen LogP contribution in [0.1, 0.15) is 74.1 Å². The van der Waals surface area contributed by atoms with Gasteiger partial charge in [0.05, 0.1) is 5.54 Å². The lowest BCUT2D eigenvalue weighted by atomic mass is 9.77. The summed E-state index contributed by atoms with van der Waals surface area (Å²) in [6.07, 6.45) is 7.76. The second-order valence-corrected chi connectivity index (χ2v) is 6.93. The Morgan fingerprint density at radius 3 is 2.26 bits per heavy atom. The van der Waals surface area contributed by atoms with Crippen LogP contribution in [0.5, 0.6) is 0 Å². The van der Waals surface area contributed by atoms with Crippen LogP contribution in [0, 0.1) is 0 Å². The van der Waals surface area contributed by atoms with Crippen molar-refractivity contribution in [2.24, 2.45) is 5.73 Å². The number of rotatable bonds is 3. The zero-order chi connectivity index (χ0) is 15.0. The molecular formula is C18H24ClN3O. The summed E-state index contributed by atoms with van der Waals surface area (Å²) < 4.78 is 5.53. The SMILES string of the molecule is Cl.NC1(c2noc(C3CCC(c4ccccc4)CC3)n2)CCC1. The molecule has 23 heavy (non-hydrogen) atoms. The van der Waals surface area contributed by atoms with Crippen LogP contribution < -0.4 is 5.73 Å². The van der Waals surface area contributed by atoms with Crippen molar-refractivity contribution in [1.82, 2.24) is 10.1 Å². The van der Waals surface area contributed by atoms with Crippen molar-refractivity contribution in [2.45, 2.75) is 62.3 Å². The van der Waals surface area contributed by atoms with E-state index in [0.717, 1.165) is 37.4 Å². The van der Waals surface area contributed by atoms with Gasteiger partial charge in [-0.25, -0.2) is 0 Å². The summed E-state index contributed by atoms with van der Waals surface area (Å²) in [6, 6.07) is 10.8. The number of hydrogen-bond acceptors (Lipinski definition) is 4. The molecule has 0 radical (unpaired) electrons. The lowest BCUT2D eigenvalue weighted by Gasteiger charge is -2.34. The van der Waals surface area contributed by atoms with Crippen molar-refractivity contribution < 1.29 is 4.52 Å². The minimum Gasteiger partial charge on any atom is -0.339 e. The summed E-state index contributed by atoms with van der Waals surface area (Å²) in [5.41, 5.74) is 7.42. The monoisotopic (exact) mass is 333 g/mol. The van der Waals surface area contributed by atoms with Gasteiger partial charge in [0.2, 0.25) is 5.89 Å². The van der Waals surface area contributed by atoms with Crippen molar-refractivity contribution in [3.8, 4) is 0 Å². The topological polar surface area (TPSA) is 64.9 Å². The van der Waals surface area contributed by atoms with Crippen molar-refractivity contribution in [3.63, 3.8) is 0 Å². The summed E-state index contributed by atoms with van der Waals surface area (Å²) >= 11 is 0. The van der Waals surface area contributed by atoms with Crippen LogP contribution in [0.3, 0.4) is 0 Å². The van der Waals surface area contributed by atoms with Gasteiger partial charge in [-0.1, -0.05) is 35.5 Å². The molecule has 2 aliphatic carbocycles. The van der Waals surface area contributed by atoms with Gasteiger partial charge >= 0.3 is 0 Å². The third-order valence-electron chi connectivity index (χ3n) is 5.48. The van der Waals surface area contributed by atoms with E-state index in [0.29, 0.717) is 11.8 Å². The Kier molecular flexibility index (Phi) is 4.74. The van der Waals surface area contributed by atoms with Crippen LogP contribution in [0.25, 0.3) is 0 Å². The summed E-state index contributed by atoms with van der Waals surface area (Å²) in [4.78, 5) is 4.62. The zero-order valence-electron chi connectivity index (χ0n) is 13.3. The molecule has 0 spiro atoms. The minimum absolute atomic E-state index is 0. The van der Waals surface area contributed by atoms with Crippen LogP contribution in [0.15, 0.2) is 34.9 Å². The number of aromatic nitrogens is 2. The normalized spacial score (nSPS) is 26.1. The van der Waals surface area contributed by atoms with Gasteiger partial charge in [0.15, 0.2) is 5.82 Å². The Bertz CT molecular complexity index is 631. The average Bonchev–Trinajstić information content (AvgIpc) is 3.04. The van der Waals surface area contributed by atoms with Gasteiger partial charge in [-0.15, -0.1) is 12.4 Å². The molecule has 5 heteroatoms. The highest BCUT2D eigenvalue weighted by atomic mass is 35.5. The molecule has 0 atom stereocenters. The first-order valence-corrected chi connectivity index (χ1v) is 8.42. The maximum atomic E-state index is 6.28. The van der Waals surface area contributed by atoms with E-state index in [1.807, 2.05) is 0 Å². The third kappa shape index (κ3) is 3.15. The molecule has 2 N–H and O–H groups in total. The molecule has 0 bridgehead atoms. The van der Waals surface area contributed by atoms with Gasteiger partial charge in [-0.3, -0.25) is 0 Å². The van der Waals surface area contributed by atoms with Gasteiger partial charge in [0, 0.05) is 5.92 Å². The Morgan fingerprint density at radius 2 is 1.65 bits per heavy atom. The predicted octanol–water partition coefficient (Wildman–Crippen LogP) is 4.27. The zero-order valence-corrected chi connectivity index (χ0v) is 14.1. The maximum absolute atomic E-state index is 6.28. The Morgan fingerprint density at radius 1 is 1.00 bits per heavy atom. The molecule has 1 aromatic carbocycles. The standard InChI is InChI=1S/C18H23N3O.ClH/c19-18(11-4-12-18)17-20-16(22-21-17)15-9-7-14(8-10-15)13-5-2-1-3-6-13;/h1-3,5-6,14-15H,4,7-12,19H2;1H. The molecule has 1 aromatic heterocycles. The molecule has 2 aliphatic rings. The summed E-state index contributed by atoms with van der Waals surface area (Å²) in [7, 11) is 0. The lowest BCUT2D eigenvalue weighted by molar-refractivity contribution is 0.227. The van der Waals surface area contributed by atoms with E-state index in [1.165, 1.54) is 24.8 Å². The van der Waals surface area contributed by atoms with Crippen LogP contribution in [-0.2, 0) is 5.54 Å². The van der Waals surface area contributed by atoms with Crippen LogP contribution in [0.2, 0.25) is 0 Å². The van der Waals surface area contributed by atoms with Crippen LogP contribution in [-0.4, -0.2) is 10.1 Å². The third-order valence-corrected chi connectivity index (χ3v) is 5.48. The highest BCUT2D eigenvalue weighted by molar-refractivity contribution is 5.85. The van der Waals surface area contributed by atoms with E-state index in [9.17, 15) is 0 Å². The largest absolute Gasteiger partial charge is 0.339 e. The van der Waals surface area contributed by atoms with Gasteiger partial charge in [-0.05, 0) is 56.4 Å².